The zero-order chi connectivity index (χ0) is 20.6. The van der Waals surface area contributed by atoms with E-state index in [2.05, 4.69) is 34.0 Å². The summed E-state index contributed by atoms with van der Waals surface area (Å²) in [4.78, 5) is 23.5. The number of unbranched alkanes of at least 4 members (excludes halogenated alkanes) is 1. The molecule has 7 heteroatoms. The Morgan fingerprint density at radius 1 is 1.14 bits per heavy atom. The lowest BCUT2D eigenvalue weighted by molar-refractivity contribution is 0.0657. The number of hydrogen-bond donors (Lipinski definition) is 1. The number of nitrogens with one attached hydrogen (secondary N) is 1. The number of guanidine groups is 1. The Morgan fingerprint density at radius 3 is 2.45 bits per heavy atom. The molecule has 7 nitrogen and oxygen atoms in total. The molecule has 2 aliphatic rings. The van der Waals surface area contributed by atoms with Crippen molar-refractivity contribution in [1.82, 2.24) is 20.0 Å². The number of piperazine rings is 1. The summed E-state index contributed by atoms with van der Waals surface area (Å²) in [5, 5.41) is 3.50. The monoisotopic (exact) mass is 403 g/mol. The first-order chi connectivity index (χ1) is 14.1. The lowest BCUT2D eigenvalue weighted by Gasteiger charge is -2.36. The second-order valence-corrected chi connectivity index (χ2v) is 8.64. The Balaban J connectivity index is 1.33. The summed E-state index contributed by atoms with van der Waals surface area (Å²) >= 11 is 0. The molecule has 1 N–H and O–H groups in total. The van der Waals surface area contributed by atoms with Crippen molar-refractivity contribution < 1.29 is 9.21 Å². The van der Waals surface area contributed by atoms with E-state index in [1.807, 2.05) is 11.9 Å². The minimum absolute atomic E-state index is 0.0288. The van der Waals surface area contributed by atoms with Gasteiger partial charge < -0.3 is 24.4 Å². The van der Waals surface area contributed by atoms with Crippen molar-refractivity contribution in [2.45, 2.75) is 33.1 Å². The van der Waals surface area contributed by atoms with Gasteiger partial charge in [0.25, 0.3) is 5.91 Å². The first kappa shape index (κ1) is 21.7. The molecule has 2 saturated heterocycles. The zero-order valence-electron chi connectivity index (χ0n) is 18.3. The van der Waals surface area contributed by atoms with Gasteiger partial charge in [0.1, 0.15) is 0 Å². The third-order valence-electron chi connectivity index (χ3n) is 5.94. The van der Waals surface area contributed by atoms with Gasteiger partial charge in [-0.15, -0.1) is 0 Å². The van der Waals surface area contributed by atoms with Gasteiger partial charge in [-0.2, -0.15) is 0 Å². The molecule has 1 aromatic rings. The standard InChI is InChI=1S/C22H37N5O2/c1-18-15-19(2)17-25(16-18)9-5-4-8-24-22(23-3)27-12-10-26(11-13-27)21(28)20-7-6-14-29-20/h6-7,14,18-19H,4-5,8-13,15-17H2,1-3H3,(H,23,24). The first-order valence-corrected chi connectivity index (χ1v) is 11.1. The van der Waals surface area contributed by atoms with Crippen molar-refractivity contribution in [3.8, 4) is 0 Å². The SMILES string of the molecule is CN=C(NCCCCN1CC(C)CC(C)C1)N1CCN(C(=O)c2ccco2)CC1. The van der Waals surface area contributed by atoms with E-state index in [4.69, 9.17) is 4.42 Å². The van der Waals surface area contributed by atoms with Gasteiger partial charge in [-0.05, 0) is 49.8 Å². The van der Waals surface area contributed by atoms with Crippen LogP contribution in [0.1, 0.15) is 43.7 Å². The quantitative estimate of drug-likeness (QED) is 0.449. The van der Waals surface area contributed by atoms with Crippen molar-refractivity contribution in [1.29, 1.82) is 0 Å². The molecular formula is C22H37N5O2. The molecule has 1 amide bonds. The van der Waals surface area contributed by atoms with Crippen LogP contribution in [0.15, 0.2) is 27.8 Å². The van der Waals surface area contributed by atoms with E-state index < -0.39 is 0 Å². The molecule has 3 rings (SSSR count). The molecule has 2 unspecified atom stereocenters. The minimum Gasteiger partial charge on any atom is -0.459 e. The Bertz CT molecular complexity index is 642. The highest BCUT2D eigenvalue weighted by atomic mass is 16.3. The van der Waals surface area contributed by atoms with Gasteiger partial charge >= 0.3 is 0 Å². The third-order valence-corrected chi connectivity index (χ3v) is 5.94. The normalized spacial score (nSPS) is 24.0. The number of likely N-dealkylation sites (tertiary alicyclic amines) is 1. The van der Waals surface area contributed by atoms with Crippen molar-refractivity contribution in [3.05, 3.63) is 24.2 Å². The number of piperidine rings is 1. The number of carbonyl (C=O) groups is 1. The van der Waals surface area contributed by atoms with Gasteiger partial charge in [0.2, 0.25) is 0 Å². The second kappa shape index (κ2) is 10.7. The molecule has 0 bridgehead atoms. The smallest absolute Gasteiger partial charge is 0.289 e. The van der Waals surface area contributed by atoms with Crippen LogP contribution in [0.25, 0.3) is 0 Å². The van der Waals surface area contributed by atoms with E-state index in [0.29, 0.717) is 18.8 Å². The van der Waals surface area contributed by atoms with Crippen LogP contribution in [0.2, 0.25) is 0 Å². The molecule has 0 radical (unpaired) electrons. The number of carbonyl (C=O) groups excluding carboxylic acids is 1. The van der Waals surface area contributed by atoms with Crippen LogP contribution in [0.4, 0.5) is 0 Å². The number of nitrogens with zero attached hydrogens (tertiary/aromatic N) is 4. The van der Waals surface area contributed by atoms with Crippen molar-refractivity contribution in [3.63, 3.8) is 0 Å². The van der Waals surface area contributed by atoms with Gasteiger partial charge in [-0.3, -0.25) is 9.79 Å². The van der Waals surface area contributed by atoms with E-state index in [9.17, 15) is 4.79 Å². The minimum atomic E-state index is -0.0288. The number of amides is 1. The van der Waals surface area contributed by atoms with Crippen molar-refractivity contribution in [2.24, 2.45) is 16.8 Å². The van der Waals surface area contributed by atoms with E-state index in [-0.39, 0.29) is 5.91 Å². The molecule has 2 aliphatic heterocycles. The van der Waals surface area contributed by atoms with Crippen LogP contribution in [0.3, 0.4) is 0 Å². The molecular weight excluding hydrogens is 366 g/mol. The summed E-state index contributed by atoms with van der Waals surface area (Å²) in [7, 11) is 1.83. The molecule has 1 aromatic heterocycles. The third kappa shape index (κ3) is 6.23. The fourth-order valence-electron chi connectivity index (χ4n) is 4.64. The Morgan fingerprint density at radius 2 is 1.83 bits per heavy atom. The maximum atomic E-state index is 12.4. The Hall–Kier alpha value is -2.02. The van der Waals surface area contributed by atoms with E-state index in [1.54, 1.807) is 18.4 Å². The first-order valence-electron chi connectivity index (χ1n) is 11.1. The number of aliphatic imine (C=N–C) groups is 1. The van der Waals surface area contributed by atoms with Crippen LogP contribution >= 0.6 is 0 Å². The summed E-state index contributed by atoms with van der Waals surface area (Å²) in [6.07, 6.45) is 5.28. The maximum Gasteiger partial charge on any atom is 0.289 e. The van der Waals surface area contributed by atoms with Crippen LogP contribution < -0.4 is 5.32 Å². The molecule has 162 valence electrons. The summed E-state index contributed by atoms with van der Waals surface area (Å²) in [5.74, 6) is 2.98. The number of furan rings is 1. The highest BCUT2D eigenvalue weighted by Gasteiger charge is 2.25. The highest BCUT2D eigenvalue weighted by molar-refractivity contribution is 5.91. The van der Waals surface area contributed by atoms with Crippen molar-refractivity contribution >= 4 is 11.9 Å². The van der Waals surface area contributed by atoms with Crippen LogP contribution in [-0.2, 0) is 0 Å². The van der Waals surface area contributed by atoms with Gasteiger partial charge in [0.05, 0.1) is 6.26 Å². The number of rotatable bonds is 6. The van der Waals surface area contributed by atoms with Crippen LogP contribution in [0.5, 0.6) is 0 Å². The summed E-state index contributed by atoms with van der Waals surface area (Å²) < 4.78 is 5.23. The fourth-order valence-corrected chi connectivity index (χ4v) is 4.64. The largest absolute Gasteiger partial charge is 0.459 e. The van der Waals surface area contributed by atoms with Crippen LogP contribution in [-0.4, -0.2) is 86.0 Å². The molecule has 0 saturated carbocycles. The van der Waals surface area contributed by atoms with E-state index in [0.717, 1.165) is 43.9 Å². The predicted molar refractivity (Wildman–Crippen MR) is 116 cm³/mol. The van der Waals surface area contributed by atoms with Gasteiger partial charge in [0, 0.05) is 52.9 Å². The second-order valence-electron chi connectivity index (χ2n) is 8.64. The fraction of sp³-hybridized carbons (Fsp3) is 0.727. The lowest BCUT2D eigenvalue weighted by Crippen LogP contribution is -2.53. The van der Waals surface area contributed by atoms with Gasteiger partial charge in [0.15, 0.2) is 11.7 Å². The van der Waals surface area contributed by atoms with Crippen LogP contribution in [0, 0.1) is 11.8 Å². The van der Waals surface area contributed by atoms with Gasteiger partial charge in [-0.1, -0.05) is 13.8 Å². The summed E-state index contributed by atoms with van der Waals surface area (Å²) in [5.41, 5.74) is 0. The molecule has 0 aromatic carbocycles. The average Bonchev–Trinajstić information content (AvgIpc) is 3.24. The van der Waals surface area contributed by atoms with E-state index in [1.165, 1.54) is 32.5 Å². The summed E-state index contributed by atoms with van der Waals surface area (Å²) in [6.45, 7) is 12.3. The molecule has 29 heavy (non-hydrogen) atoms. The van der Waals surface area contributed by atoms with E-state index >= 15 is 0 Å². The molecule has 2 fully saturated rings. The maximum absolute atomic E-state index is 12.4. The molecule has 0 aliphatic carbocycles. The molecule has 3 heterocycles. The Kier molecular flexibility index (Phi) is 7.98. The molecule has 0 spiro atoms. The van der Waals surface area contributed by atoms with Gasteiger partial charge in [-0.25, -0.2) is 0 Å². The van der Waals surface area contributed by atoms with Crippen molar-refractivity contribution in [2.75, 3.05) is 59.4 Å². The Labute approximate surface area is 175 Å². The zero-order valence-corrected chi connectivity index (χ0v) is 18.3. The molecule has 2 atom stereocenters. The average molecular weight is 404 g/mol. The predicted octanol–water partition coefficient (Wildman–Crippen LogP) is 2.37. The summed E-state index contributed by atoms with van der Waals surface area (Å²) in [6, 6.07) is 3.47. The number of hydrogen-bond acceptors (Lipinski definition) is 4. The lowest BCUT2D eigenvalue weighted by atomic mass is 9.92. The topological polar surface area (TPSA) is 64.3 Å². The highest BCUT2D eigenvalue weighted by Crippen LogP contribution is 2.21.